The highest BCUT2D eigenvalue weighted by Gasteiger charge is 2.07. The van der Waals surface area contributed by atoms with Crippen LogP contribution >= 0.6 is 0 Å². The first kappa shape index (κ1) is 10.0. The van der Waals surface area contributed by atoms with Gasteiger partial charge >= 0.3 is 0 Å². The second-order valence-corrected chi connectivity index (χ2v) is 2.57. The summed E-state index contributed by atoms with van der Waals surface area (Å²) < 4.78 is 9.90. The van der Waals surface area contributed by atoms with E-state index < -0.39 is 6.29 Å². The molecule has 1 aromatic carbocycles. The first-order valence-corrected chi connectivity index (χ1v) is 4.19. The quantitative estimate of drug-likeness (QED) is 0.667. The van der Waals surface area contributed by atoms with Crippen LogP contribution in [0.5, 0.6) is 5.75 Å². The summed E-state index contributed by atoms with van der Waals surface area (Å²) in [6, 6.07) is 7.02. The summed E-state index contributed by atoms with van der Waals surface area (Å²) in [4.78, 5) is 0. The molecule has 0 saturated heterocycles. The van der Waals surface area contributed by atoms with Crippen LogP contribution in [0.1, 0.15) is 18.8 Å². The predicted molar refractivity (Wildman–Crippen MR) is 48.0 cm³/mol. The van der Waals surface area contributed by atoms with E-state index in [1.807, 2.05) is 13.0 Å². The zero-order valence-electron chi connectivity index (χ0n) is 7.82. The van der Waals surface area contributed by atoms with Crippen LogP contribution < -0.4 is 4.74 Å². The van der Waals surface area contributed by atoms with Crippen LogP contribution in [0.25, 0.3) is 0 Å². The van der Waals surface area contributed by atoms with Gasteiger partial charge in [0.15, 0.2) is 0 Å². The average Bonchev–Trinajstić information content (AvgIpc) is 2.18. The Bertz CT molecular complexity index is 260. The summed E-state index contributed by atoms with van der Waals surface area (Å²) in [7, 11) is 1.39. The minimum atomic E-state index is -1.12. The molecule has 0 aromatic heterocycles. The van der Waals surface area contributed by atoms with E-state index in [4.69, 9.17) is 4.74 Å². The fourth-order valence-corrected chi connectivity index (χ4v) is 1.05. The number of ether oxygens (including phenoxy) is 2. The molecule has 71 valence electrons. The Morgan fingerprint density at radius 3 is 2.85 bits per heavy atom. The van der Waals surface area contributed by atoms with Gasteiger partial charge in [0.2, 0.25) is 6.29 Å². The summed E-state index contributed by atoms with van der Waals surface area (Å²) in [5.74, 6) is 0.706. The minimum Gasteiger partial charge on any atom is -0.494 e. The highest BCUT2D eigenvalue weighted by Crippen LogP contribution is 2.19. The van der Waals surface area contributed by atoms with E-state index in [1.165, 1.54) is 7.11 Å². The first-order valence-electron chi connectivity index (χ1n) is 4.19. The molecule has 0 amide bonds. The number of rotatable bonds is 4. The van der Waals surface area contributed by atoms with Gasteiger partial charge in [-0.3, -0.25) is 0 Å². The van der Waals surface area contributed by atoms with Crippen LogP contribution in [0, 0.1) is 0 Å². The molecule has 1 rings (SSSR count). The Morgan fingerprint density at radius 2 is 2.23 bits per heavy atom. The minimum absolute atomic E-state index is 0.591. The van der Waals surface area contributed by atoms with Gasteiger partial charge in [0.1, 0.15) is 5.75 Å². The van der Waals surface area contributed by atoms with Crippen molar-refractivity contribution in [3.05, 3.63) is 29.8 Å². The van der Waals surface area contributed by atoms with Crippen LogP contribution in [-0.2, 0) is 9.84 Å². The van der Waals surface area contributed by atoms with Crippen molar-refractivity contribution in [3.63, 3.8) is 0 Å². The van der Waals surface area contributed by atoms with Crippen molar-refractivity contribution in [1.82, 2.24) is 0 Å². The lowest BCUT2D eigenvalue weighted by molar-refractivity contribution is -0.123. The monoisotopic (exact) mass is 181 g/mol. The van der Waals surface area contributed by atoms with Crippen molar-refractivity contribution >= 4 is 0 Å². The standard InChI is InChI=1S/C10H13O3/c1-3-13-9-6-4-5-8(7-9)10(11)12-2/h4-7,10H,3H2,1-2H3. The van der Waals surface area contributed by atoms with E-state index in [0.717, 1.165) is 0 Å². The molecule has 1 atom stereocenters. The molecule has 3 heteroatoms. The molecule has 0 fully saturated rings. The van der Waals surface area contributed by atoms with Gasteiger partial charge in [-0.1, -0.05) is 12.1 Å². The van der Waals surface area contributed by atoms with Crippen molar-refractivity contribution in [2.24, 2.45) is 0 Å². The first-order chi connectivity index (χ1) is 6.27. The summed E-state index contributed by atoms with van der Waals surface area (Å²) in [5.41, 5.74) is 0.591. The van der Waals surface area contributed by atoms with Crippen LogP contribution in [0.4, 0.5) is 0 Å². The van der Waals surface area contributed by atoms with Gasteiger partial charge in [-0.15, -0.1) is 0 Å². The van der Waals surface area contributed by atoms with Crippen LogP contribution in [-0.4, -0.2) is 13.7 Å². The second kappa shape index (κ2) is 4.84. The van der Waals surface area contributed by atoms with E-state index in [9.17, 15) is 5.11 Å². The smallest absolute Gasteiger partial charge is 0.217 e. The third kappa shape index (κ3) is 2.72. The molecule has 0 aliphatic carbocycles. The van der Waals surface area contributed by atoms with Crippen LogP contribution in [0.15, 0.2) is 24.3 Å². The van der Waals surface area contributed by atoms with Crippen molar-refractivity contribution in [2.75, 3.05) is 13.7 Å². The molecule has 13 heavy (non-hydrogen) atoms. The molecule has 0 spiro atoms. The summed E-state index contributed by atoms with van der Waals surface area (Å²) in [6.07, 6.45) is -1.12. The van der Waals surface area contributed by atoms with Crippen molar-refractivity contribution < 1.29 is 14.6 Å². The van der Waals surface area contributed by atoms with Crippen molar-refractivity contribution in [1.29, 1.82) is 0 Å². The van der Waals surface area contributed by atoms with Gasteiger partial charge in [-0.25, -0.2) is 0 Å². The Hall–Kier alpha value is -1.06. The summed E-state index contributed by atoms with van der Waals surface area (Å²) in [5, 5.41) is 11.2. The Morgan fingerprint density at radius 1 is 1.46 bits per heavy atom. The molecule has 0 saturated carbocycles. The van der Waals surface area contributed by atoms with Gasteiger partial charge in [0.25, 0.3) is 0 Å². The zero-order valence-corrected chi connectivity index (χ0v) is 7.82. The van der Waals surface area contributed by atoms with E-state index >= 15 is 0 Å². The normalized spacial score (nSPS) is 12.5. The fraction of sp³-hybridized carbons (Fsp3) is 0.400. The largest absolute Gasteiger partial charge is 0.494 e. The average molecular weight is 181 g/mol. The molecular formula is C10H13O3. The lowest BCUT2D eigenvalue weighted by Crippen LogP contribution is -1.98. The Kier molecular flexibility index (Phi) is 3.73. The molecule has 0 aliphatic rings. The molecule has 0 bridgehead atoms. The van der Waals surface area contributed by atoms with Crippen LogP contribution in [0.2, 0.25) is 0 Å². The molecule has 0 N–H and O–H groups in total. The molecule has 3 nitrogen and oxygen atoms in total. The lowest BCUT2D eigenvalue weighted by atomic mass is 10.2. The molecule has 1 radical (unpaired) electrons. The van der Waals surface area contributed by atoms with E-state index in [1.54, 1.807) is 18.2 Å². The predicted octanol–water partition coefficient (Wildman–Crippen LogP) is 2.16. The van der Waals surface area contributed by atoms with Gasteiger partial charge in [0, 0.05) is 12.7 Å². The van der Waals surface area contributed by atoms with Gasteiger partial charge < -0.3 is 9.47 Å². The van der Waals surface area contributed by atoms with Crippen LogP contribution in [0.3, 0.4) is 0 Å². The third-order valence-electron chi connectivity index (χ3n) is 1.66. The maximum atomic E-state index is 11.2. The Labute approximate surface area is 77.9 Å². The second-order valence-electron chi connectivity index (χ2n) is 2.57. The number of methoxy groups -OCH3 is 1. The topological polar surface area (TPSA) is 38.4 Å². The zero-order chi connectivity index (χ0) is 9.68. The maximum absolute atomic E-state index is 11.2. The SMILES string of the molecule is CCOc1cccc(C([O])OC)c1. The van der Waals surface area contributed by atoms with Crippen molar-refractivity contribution in [2.45, 2.75) is 13.2 Å². The highest BCUT2D eigenvalue weighted by atomic mass is 16.6. The van der Waals surface area contributed by atoms with Gasteiger partial charge in [0.05, 0.1) is 6.61 Å². The van der Waals surface area contributed by atoms with Gasteiger partial charge in [-0.05, 0) is 19.1 Å². The number of benzene rings is 1. The van der Waals surface area contributed by atoms with Gasteiger partial charge in [-0.2, -0.15) is 5.11 Å². The maximum Gasteiger partial charge on any atom is 0.217 e. The fourth-order valence-electron chi connectivity index (χ4n) is 1.05. The molecule has 1 aromatic rings. The number of hydrogen-bond acceptors (Lipinski definition) is 2. The van der Waals surface area contributed by atoms with Crippen molar-refractivity contribution in [3.8, 4) is 5.75 Å². The van der Waals surface area contributed by atoms with E-state index in [0.29, 0.717) is 17.9 Å². The number of hydrogen-bond donors (Lipinski definition) is 0. The molecular weight excluding hydrogens is 168 g/mol. The van der Waals surface area contributed by atoms with E-state index in [-0.39, 0.29) is 0 Å². The summed E-state index contributed by atoms with van der Waals surface area (Å²) in [6.45, 7) is 2.50. The summed E-state index contributed by atoms with van der Waals surface area (Å²) >= 11 is 0. The molecule has 0 heterocycles. The molecule has 1 unspecified atom stereocenters. The van der Waals surface area contributed by atoms with E-state index in [2.05, 4.69) is 4.74 Å². The lowest BCUT2D eigenvalue weighted by Gasteiger charge is -2.08. The highest BCUT2D eigenvalue weighted by molar-refractivity contribution is 5.29. The molecule has 0 aliphatic heterocycles. The Balaban J connectivity index is 2.78. The third-order valence-corrected chi connectivity index (χ3v) is 1.66.